The summed E-state index contributed by atoms with van der Waals surface area (Å²) >= 11 is 0. The molecule has 0 saturated carbocycles. The second kappa shape index (κ2) is 13.1. The molecule has 7 heteroatoms. The first-order valence-corrected chi connectivity index (χ1v) is 10.9. The molecule has 0 atom stereocenters. The van der Waals surface area contributed by atoms with Gasteiger partial charge in [0, 0.05) is 6.42 Å². The summed E-state index contributed by atoms with van der Waals surface area (Å²) in [6.07, 6.45) is 18.5. The van der Waals surface area contributed by atoms with E-state index in [0.717, 1.165) is 12.8 Å². The second-order valence-corrected chi connectivity index (χ2v) is 7.56. The van der Waals surface area contributed by atoms with Crippen LogP contribution in [0.3, 0.4) is 0 Å². The van der Waals surface area contributed by atoms with Gasteiger partial charge in [-0.05, 0) is 6.42 Å². The SMILES string of the molecule is CCCCCCCCCCCCCCCC(=O)Nc1nc2nc[nH]c2c(=O)[nH]1. The van der Waals surface area contributed by atoms with Gasteiger partial charge in [0.25, 0.3) is 5.56 Å². The molecule has 0 aliphatic heterocycles. The van der Waals surface area contributed by atoms with Gasteiger partial charge >= 0.3 is 0 Å². The van der Waals surface area contributed by atoms with Crippen LogP contribution in [0, 0.1) is 0 Å². The first-order chi connectivity index (χ1) is 13.7. The number of hydrogen-bond donors (Lipinski definition) is 3. The topological polar surface area (TPSA) is 104 Å². The minimum Gasteiger partial charge on any atom is -0.339 e. The Balaban J connectivity index is 1.46. The molecular weight excluding hydrogens is 354 g/mol. The summed E-state index contributed by atoms with van der Waals surface area (Å²) in [6, 6.07) is 0. The van der Waals surface area contributed by atoms with E-state index in [1.54, 1.807) is 0 Å². The molecule has 2 aromatic rings. The summed E-state index contributed by atoms with van der Waals surface area (Å²) in [4.78, 5) is 37.1. The Morgan fingerprint density at radius 2 is 1.50 bits per heavy atom. The molecule has 0 saturated heterocycles. The Labute approximate surface area is 167 Å². The number of fused-ring (bicyclic) bond motifs is 1. The molecule has 156 valence electrons. The highest BCUT2D eigenvalue weighted by atomic mass is 16.2. The third-order valence-electron chi connectivity index (χ3n) is 5.06. The third-order valence-corrected chi connectivity index (χ3v) is 5.06. The van der Waals surface area contributed by atoms with Crippen LogP contribution in [0.4, 0.5) is 5.95 Å². The van der Waals surface area contributed by atoms with E-state index in [1.807, 2.05) is 0 Å². The number of nitrogens with zero attached hydrogens (tertiary/aromatic N) is 2. The lowest BCUT2D eigenvalue weighted by molar-refractivity contribution is -0.116. The monoisotopic (exact) mass is 389 g/mol. The van der Waals surface area contributed by atoms with Gasteiger partial charge in [-0.3, -0.25) is 19.9 Å². The van der Waals surface area contributed by atoms with E-state index in [2.05, 4.69) is 32.2 Å². The van der Waals surface area contributed by atoms with Crippen molar-refractivity contribution in [2.45, 2.75) is 96.8 Å². The summed E-state index contributed by atoms with van der Waals surface area (Å²) in [5.41, 5.74) is 0.285. The molecule has 3 N–H and O–H groups in total. The van der Waals surface area contributed by atoms with E-state index >= 15 is 0 Å². The number of H-pyrrole nitrogens is 2. The average molecular weight is 390 g/mol. The molecular formula is C21H35N5O2. The van der Waals surface area contributed by atoms with Gasteiger partial charge in [0.2, 0.25) is 11.9 Å². The fourth-order valence-corrected chi connectivity index (χ4v) is 3.40. The third kappa shape index (κ3) is 8.23. The van der Waals surface area contributed by atoms with Crippen LogP contribution < -0.4 is 10.9 Å². The number of amides is 1. The minimum atomic E-state index is -0.334. The molecule has 0 aliphatic carbocycles. The van der Waals surface area contributed by atoms with E-state index in [4.69, 9.17) is 0 Å². The molecule has 1 amide bonds. The first-order valence-electron chi connectivity index (χ1n) is 10.9. The van der Waals surface area contributed by atoms with Crippen molar-refractivity contribution in [3.05, 3.63) is 16.7 Å². The van der Waals surface area contributed by atoms with Crippen LogP contribution in [-0.2, 0) is 4.79 Å². The fourth-order valence-electron chi connectivity index (χ4n) is 3.40. The molecule has 2 rings (SSSR count). The first kappa shape index (κ1) is 22.1. The van der Waals surface area contributed by atoms with E-state index < -0.39 is 0 Å². The van der Waals surface area contributed by atoms with E-state index in [1.165, 1.54) is 77.0 Å². The number of anilines is 1. The zero-order chi connectivity index (χ0) is 20.0. The van der Waals surface area contributed by atoms with Crippen molar-refractivity contribution in [2.24, 2.45) is 0 Å². The molecule has 0 aromatic carbocycles. The van der Waals surface area contributed by atoms with Crippen molar-refractivity contribution in [1.82, 2.24) is 19.9 Å². The number of carbonyl (C=O) groups is 1. The average Bonchev–Trinajstić information content (AvgIpc) is 3.14. The van der Waals surface area contributed by atoms with Crippen LogP contribution in [0.25, 0.3) is 11.2 Å². The van der Waals surface area contributed by atoms with Gasteiger partial charge in [-0.25, -0.2) is 4.98 Å². The Morgan fingerprint density at radius 1 is 0.929 bits per heavy atom. The molecule has 0 bridgehead atoms. The van der Waals surface area contributed by atoms with Crippen LogP contribution in [-0.4, -0.2) is 25.8 Å². The molecule has 0 unspecified atom stereocenters. The zero-order valence-corrected chi connectivity index (χ0v) is 17.2. The summed E-state index contributed by atoms with van der Waals surface area (Å²) in [5.74, 6) is 0.0328. The molecule has 2 aromatic heterocycles. The Kier molecular flexibility index (Phi) is 10.3. The van der Waals surface area contributed by atoms with Gasteiger partial charge in [0.1, 0.15) is 0 Å². The molecule has 7 nitrogen and oxygen atoms in total. The smallest absolute Gasteiger partial charge is 0.278 e. The highest BCUT2D eigenvalue weighted by molar-refractivity contribution is 5.89. The van der Waals surface area contributed by atoms with Crippen LogP contribution in [0.15, 0.2) is 11.1 Å². The highest BCUT2D eigenvalue weighted by Gasteiger charge is 2.08. The number of aromatic nitrogens is 4. The maximum absolute atomic E-state index is 12.0. The molecule has 0 fully saturated rings. The molecule has 0 aliphatic rings. The quantitative estimate of drug-likeness (QED) is 0.370. The van der Waals surface area contributed by atoms with E-state index in [-0.39, 0.29) is 17.4 Å². The van der Waals surface area contributed by atoms with Gasteiger partial charge in [-0.15, -0.1) is 0 Å². The van der Waals surface area contributed by atoms with Crippen LogP contribution in [0.2, 0.25) is 0 Å². The molecule has 0 spiro atoms. The number of rotatable bonds is 15. The minimum absolute atomic E-state index is 0.124. The van der Waals surface area contributed by atoms with Crippen molar-refractivity contribution in [2.75, 3.05) is 5.32 Å². The summed E-state index contributed by atoms with van der Waals surface area (Å²) < 4.78 is 0. The summed E-state index contributed by atoms with van der Waals surface area (Å²) in [5, 5.41) is 2.65. The second-order valence-electron chi connectivity index (χ2n) is 7.56. The van der Waals surface area contributed by atoms with Crippen molar-refractivity contribution < 1.29 is 4.79 Å². The number of nitrogens with one attached hydrogen (secondary N) is 3. The van der Waals surface area contributed by atoms with Gasteiger partial charge < -0.3 is 4.98 Å². The predicted molar refractivity (Wildman–Crippen MR) is 113 cm³/mol. The van der Waals surface area contributed by atoms with E-state index in [0.29, 0.717) is 17.6 Å². The van der Waals surface area contributed by atoms with Crippen molar-refractivity contribution in [1.29, 1.82) is 0 Å². The maximum atomic E-state index is 12.0. The highest BCUT2D eigenvalue weighted by Crippen LogP contribution is 2.13. The summed E-state index contributed by atoms with van der Waals surface area (Å²) in [6.45, 7) is 2.26. The van der Waals surface area contributed by atoms with Crippen LogP contribution in [0.5, 0.6) is 0 Å². The Bertz CT molecular complexity index is 753. The van der Waals surface area contributed by atoms with Gasteiger partial charge in [0.05, 0.1) is 6.33 Å². The van der Waals surface area contributed by atoms with Crippen LogP contribution in [0.1, 0.15) is 96.8 Å². The molecule has 0 radical (unpaired) electrons. The molecule has 28 heavy (non-hydrogen) atoms. The van der Waals surface area contributed by atoms with Crippen molar-refractivity contribution in [3.63, 3.8) is 0 Å². The number of carbonyl (C=O) groups excluding carboxylic acids is 1. The normalized spacial score (nSPS) is 11.2. The maximum Gasteiger partial charge on any atom is 0.278 e. The lowest BCUT2D eigenvalue weighted by atomic mass is 10.0. The Hall–Kier alpha value is -2.18. The van der Waals surface area contributed by atoms with Crippen molar-refractivity contribution >= 4 is 23.0 Å². The number of hydrogen-bond acceptors (Lipinski definition) is 4. The number of unbranched alkanes of at least 4 members (excludes halogenated alkanes) is 12. The Morgan fingerprint density at radius 3 is 2.11 bits per heavy atom. The summed E-state index contributed by atoms with van der Waals surface area (Å²) in [7, 11) is 0. The standard InChI is InChI=1S/C21H35N5O2/c1-2-3-4-5-6-7-8-9-10-11-12-13-14-15-17(27)24-21-25-19-18(20(28)26-21)22-16-23-19/h16H,2-15H2,1H3,(H3,22,23,24,25,26,27,28). The number of imidazole rings is 1. The van der Waals surface area contributed by atoms with Gasteiger partial charge in [-0.2, -0.15) is 4.98 Å². The van der Waals surface area contributed by atoms with Crippen LogP contribution >= 0.6 is 0 Å². The lowest BCUT2D eigenvalue weighted by Gasteiger charge is -2.05. The van der Waals surface area contributed by atoms with Crippen molar-refractivity contribution in [3.8, 4) is 0 Å². The number of aromatic amines is 2. The molecule has 2 heterocycles. The predicted octanol–water partition coefficient (Wildman–Crippen LogP) is 5.07. The van der Waals surface area contributed by atoms with Gasteiger partial charge in [0.15, 0.2) is 11.2 Å². The fraction of sp³-hybridized carbons (Fsp3) is 0.714. The zero-order valence-electron chi connectivity index (χ0n) is 17.2. The van der Waals surface area contributed by atoms with E-state index in [9.17, 15) is 9.59 Å². The lowest BCUT2D eigenvalue weighted by Crippen LogP contribution is -2.18. The largest absolute Gasteiger partial charge is 0.339 e. The van der Waals surface area contributed by atoms with Gasteiger partial charge in [-0.1, -0.05) is 84.0 Å².